The van der Waals surface area contributed by atoms with E-state index in [1.165, 1.54) is 16.8 Å². The molecule has 8 heteroatoms. The van der Waals surface area contributed by atoms with Crippen molar-refractivity contribution in [2.45, 2.75) is 38.0 Å². The molecule has 3 N–H and O–H groups in total. The second-order valence-electron chi connectivity index (χ2n) is 7.46. The van der Waals surface area contributed by atoms with Gasteiger partial charge >= 0.3 is 5.97 Å². The van der Waals surface area contributed by atoms with E-state index in [0.717, 1.165) is 12.5 Å². The van der Waals surface area contributed by atoms with E-state index in [0.29, 0.717) is 24.3 Å². The number of rotatable bonds is 4. The van der Waals surface area contributed by atoms with E-state index < -0.39 is 35.0 Å². The standard InChI is InChI=1S/C19H21F2N3O3/c1-2-9-6-23(8-14(9)22)16-5-15-10(3-12(16)20)18(25)11(19(26)27)7-24(15)17-4-13(17)21/h3,5,7,9,13-14,17H,2,4,6,8,22H2,1H3,(H,26,27)/t9-,13-,14+,17+/m0/s1. The molecule has 6 nitrogen and oxygen atoms in total. The first-order valence-electron chi connectivity index (χ1n) is 9.08. The molecular weight excluding hydrogens is 356 g/mol. The second-order valence-corrected chi connectivity index (χ2v) is 7.46. The maximum atomic E-state index is 14.8. The van der Waals surface area contributed by atoms with Gasteiger partial charge in [-0.3, -0.25) is 4.79 Å². The summed E-state index contributed by atoms with van der Waals surface area (Å²) in [7, 11) is 0. The van der Waals surface area contributed by atoms with Crippen molar-refractivity contribution < 1.29 is 18.7 Å². The zero-order chi connectivity index (χ0) is 19.5. The smallest absolute Gasteiger partial charge is 0.341 e. The van der Waals surface area contributed by atoms with Crippen molar-refractivity contribution in [1.29, 1.82) is 0 Å². The Bertz CT molecular complexity index is 990. The highest BCUT2D eigenvalue weighted by Crippen LogP contribution is 2.41. The van der Waals surface area contributed by atoms with Crippen LogP contribution < -0.4 is 16.1 Å². The fourth-order valence-corrected chi connectivity index (χ4v) is 3.99. The largest absolute Gasteiger partial charge is 0.477 e. The summed E-state index contributed by atoms with van der Waals surface area (Å²) in [5.41, 5.74) is 5.54. The molecule has 4 atom stereocenters. The van der Waals surface area contributed by atoms with Gasteiger partial charge in [-0.05, 0) is 18.1 Å². The predicted molar refractivity (Wildman–Crippen MR) is 97.6 cm³/mol. The number of pyridine rings is 1. The Balaban J connectivity index is 1.90. The number of hydrogen-bond donors (Lipinski definition) is 2. The third-order valence-electron chi connectivity index (χ3n) is 5.73. The zero-order valence-electron chi connectivity index (χ0n) is 14.9. The van der Waals surface area contributed by atoms with E-state index in [4.69, 9.17) is 5.73 Å². The van der Waals surface area contributed by atoms with E-state index in [1.54, 1.807) is 0 Å². The Morgan fingerprint density at radius 3 is 2.63 bits per heavy atom. The number of aromatic carboxylic acids is 1. The van der Waals surface area contributed by atoms with Crippen molar-refractivity contribution >= 4 is 22.6 Å². The van der Waals surface area contributed by atoms with Crippen LogP contribution in [0, 0.1) is 11.7 Å². The molecule has 2 fully saturated rings. The molecule has 1 saturated carbocycles. The Labute approximate surface area is 154 Å². The lowest BCUT2D eigenvalue weighted by Crippen LogP contribution is -2.29. The molecule has 1 aliphatic heterocycles. The van der Waals surface area contributed by atoms with Gasteiger partial charge in [-0.1, -0.05) is 13.3 Å². The van der Waals surface area contributed by atoms with Crippen molar-refractivity contribution in [3.63, 3.8) is 0 Å². The van der Waals surface area contributed by atoms with Gasteiger partial charge in [-0.2, -0.15) is 0 Å². The van der Waals surface area contributed by atoms with Crippen molar-refractivity contribution in [2.75, 3.05) is 18.0 Å². The average Bonchev–Trinajstić information content (AvgIpc) is 3.22. The third-order valence-corrected chi connectivity index (χ3v) is 5.73. The van der Waals surface area contributed by atoms with E-state index in [-0.39, 0.29) is 23.8 Å². The van der Waals surface area contributed by atoms with Gasteiger partial charge in [0.25, 0.3) is 0 Å². The number of nitrogens with two attached hydrogens (primary N) is 1. The molecule has 0 bridgehead atoms. The molecule has 2 aromatic rings. The Morgan fingerprint density at radius 2 is 2.07 bits per heavy atom. The van der Waals surface area contributed by atoms with Gasteiger partial charge in [0.05, 0.1) is 17.2 Å². The summed E-state index contributed by atoms with van der Waals surface area (Å²) in [6, 6.07) is 1.98. The molecule has 2 aliphatic rings. The third kappa shape index (κ3) is 2.88. The van der Waals surface area contributed by atoms with Crippen LogP contribution in [-0.2, 0) is 0 Å². The van der Waals surface area contributed by atoms with Crippen LogP contribution in [0.15, 0.2) is 23.1 Å². The Kier molecular flexibility index (Phi) is 4.18. The molecule has 0 spiro atoms. The molecule has 4 rings (SSSR count). The first kappa shape index (κ1) is 17.9. The highest BCUT2D eigenvalue weighted by Gasteiger charge is 2.40. The lowest BCUT2D eigenvalue weighted by atomic mass is 10.0. The number of anilines is 1. The molecule has 144 valence electrons. The molecule has 0 radical (unpaired) electrons. The van der Waals surface area contributed by atoms with Gasteiger partial charge in [-0.25, -0.2) is 13.6 Å². The van der Waals surface area contributed by atoms with Crippen LogP contribution in [-0.4, -0.2) is 40.9 Å². The number of carbonyl (C=O) groups is 1. The maximum Gasteiger partial charge on any atom is 0.341 e. The van der Waals surface area contributed by atoms with Crippen molar-refractivity contribution in [1.82, 2.24) is 4.57 Å². The molecule has 1 saturated heterocycles. The van der Waals surface area contributed by atoms with Gasteiger partial charge in [0.1, 0.15) is 17.6 Å². The van der Waals surface area contributed by atoms with Gasteiger partial charge < -0.3 is 20.3 Å². The van der Waals surface area contributed by atoms with E-state index >= 15 is 0 Å². The molecule has 27 heavy (non-hydrogen) atoms. The summed E-state index contributed by atoms with van der Waals surface area (Å²) >= 11 is 0. The summed E-state index contributed by atoms with van der Waals surface area (Å²) in [5, 5.41) is 9.23. The lowest BCUT2D eigenvalue weighted by Gasteiger charge is -2.21. The van der Waals surface area contributed by atoms with Crippen LogP contribution in [0.25, 0.3) is 10.9 Å². The average molecular weight is 377 g/mol. The monoisotopic (exact) mass is 377 g/mol. The number of benzene rings is 1. The second kappa shape index (κ2) is 6.30. The molecular formula is C19H21F2N3O3. The van der Waals surface area contributed by atoms with Gasteiger partial charge in [-0.15, -0.1) is 0 Å². The van der Waals surface area contributed by atoms with Crippen LogP contribution in [0.5, 0.6) is 0 Å². The minimum absolute atomic E-state index is 0.0502. The first-order valence-corrected chi connectivity index (χ1v) is 9.08. The number of carboxylic acid groups (broad SMARTS) is 1. The van der Waals surface area contributed by atoms with E-state index in [2.05, 4.69) is 0 Å². The Hall–Kier alpha value is -2.48. The van der Waals surface area contributed by atoms with Crippen LogP contribution in [0.3, 0.4) is 0 Å². The van der Waals surface area contributed by atoms with Crippen molar-refractivity contribution in [3.05, 3.63) is 39.9 Å². The van der Waals surface area contributed by atoms with Gasteiger partial charge in [0.2, 0.25) is 5.43 Å². The summed E-state index contributed by atoms with van der Waals surface area (Å²) in [5.74, 6) is -1.77. The summed E-state index contributed by atoms with van der Waals surface area (Å²) in [4.78, 5) is 25.7. The van der Waals surface area contributed by atoms with Crippen LogP contribution in [0.1, 0.15) is 36.2 Å². The van der Waals surface area contributed by atoms with Crippen molar-refractivity contribution in [3.8, 4) is 0 Å². The first-order chi connectivity index (χ1) is 12.8. The fraction of sp³-hybridized carbons (Fsp3) is 0.474. The molecule has 2 heterocycles. The Morgan fingerprint density at radius 1 is 1.37 bits per heavy atom. The summed E-state index contributed by atoms with van der Waals surface area (Å²) in [6.07, 6.45) is 1.20. The SMILES string of the molecule is CC[C@H]1CN(c2cc3c(cc2F)c(=O)c(C(=O)O)cn3[C@@H]2C[C@@H]2F)C[C@H]1N. The molecule has 0 unspecified atom stereocenters. The number of alkyl halides is 1. The highest BCUT2D eigenvalue weighted by atomic mass is 19.1. The topological polar surface area (TPSA) is 88.6 Å². The number of fused-ring (bicyclic) bond motifs is 1. The van der Waals surface area contributed by atoms with E-state index in [9.17, 15) is 23.5 Å². The lowest BCUT2D eigenvalue weighted by molar-refractivity contribution is 0.0694. The van der Waals surface area contributed by atoms with E-state index in [1.807, 2.05) is 11.8 Å². The minimum Gasteiger partial charge on any atom is -0.477 e. The summed E-state index contributed by atoms with van der Waals surface area (Å²) < 4.78 is 30.0. The highest BCUT2D eigenvalue weighted by molar-refractivity contribution is 5.93. The molecule has 1 aliphatic carbocycles. The number of halogens is 2. The minimum atomic E-state index is -1.41. The fourth-order valence-electron chi connectivity index (χ4n) is 3.99. The number of nitrogens with zero attached hydrogens (tertiary/aromatic N) is 2. The summed E-state index contributed by atoms with van der Waals surface area (Å²) in [6.45, 7) is 3.13. The zero-order valence-corrected chi connectivity index (χ0v) is 14.9. The molecule has 1 aromatic carbocycles. The molecule has 1 aromatic heterocycles. The van der Waals surface area contributed by atoms with Crippen LogP contribution in [0.2, 0.25) is 0 Å². The van der Waals surface area contributed by atoms with Crippen molar-refractivity contribution in [2.24, 2.45) is 11.7 Å². The molecule has 0 amide bonds. The van der Waals surface area contributed by atoms with Gasteiger partial charge in [0.15, 0.2) is 0 Å². The number of hydrogen-bond acceptors (Lipinski definition) is 4. The van der Waals surface area contributed by atoms with Crippen LogP contribution in [0.4, 0.5) is 14.5 Å². The van der Waals surface area contributed by atoms with Gasteiger partial charge in [0, 0.05) is 37.1 Å². The predicted octanol–water partition coefficient (Wildman–Crippen LogP) is 2.30. The number of aromatic nitrogens is 1. The number of carboxylic acids is 1. The maximum absolute atomic E-state index is 14.8. The normalized spacial score (nSPS) is 27.3. The quantitative estimate of drug-likeness (QED) is 0.854. The van der Waals surface area contributed by atoms with Crippen LogP contribution >= 0.6 is 0 Å².